The van der Waals surface area contributed by atoms with Gasteiger partial charge in [0.05, 0.1) is 12.3 Å². The molecule has 84 valence electrons. The van der Waals surface area contributed by atoms with Crippen molar-refractivity contribution in [2.24, 2.45) is 5.92 Å². The SMILES string of the molecule is CC(C)CCOc1cc(Br)c(N)c(Br)c1. The first-order chi connectivity index (χ1) is 7.00. The molecule has 1 aromatic rings. The Morgan fingerprint density at radius 1 is 1.27 bits per heavy atom. The zero-order chi connectivity index (χ0) is 11.4. The molecule has 0 fully saturated rings. The van der Waals surface area contributed by atoms with Gasteiger partial charge in [0, 0.05) is 8.95 Å². The summed E-state index contributed by atoms with van der Waals surface area (Å²) in [5.74, 6) is 1.49. The molecule has 0 spiro atoms. The van der Waals surface area contributed by atoms with Crippen molar-refractivity contribution in [1.82, 2.24) is 0 Å². The van der Waals surface area contributed by atoms with Gasteiger partial charge in [0.25, 0.3) is 0 Å². The molecule has 0 bridgehead atoms. The molecule has 0 unspecified atom stereocenters. The number of nitrogens with two attached hydrogens (primary N) is 1. The third-order valence-corrected chi connectivity index (χ3v) is 3.33. The topological polar surface area (TPSA) is 35.2 Å². The lowest BCUT2D eigenvalue weighted by Gasteiger charge is -2.10. The molecule has 0 radical (unpaired) electrons. The van der Waals surface area contributed by atoms with Crippen LogP contribution in [0.5, 0.6) is 5.75 Å². The molecule has 0 heterocycles. The second-order valence-electron chi connectivity index (χ2n) is 3.83. The summed E-state index contributed by atoms with van der Waals surface area (Å²) in [6, 6.07) is 3.78. The first-order valence-electron chi connectivity index (χ1n) is 4.88. The van der Waals surface area contributed by atoms with E-state index in [1.165, 1.54) is 0 Å². The van der Waals surface area contributed by atoms with Crippen LogP contribution in [0.4, 0.5) is 5.69 Å². The lowest BCUT2D eigenvalue weighted by molar-refractivity contribution is 0.289. The average Bonchev–Trinajstić information content (AvgIpc) is 2.13. The molecule has 2 nitrogen and oxygen atoms in total. The Morgan fingerprint density at radius 2 is 1.80 bits per heavy atom. The smallest absolute Gasteiger partial charge is 0.121 e. The molecule has 0 atom stereocenters. The maximum absolute atomic E-state index is 5.78. The van der Waals surface area contributed by atoms with Crippen molar-refractivity contribution >= 4 is 37.5 Å². The largest absolute Gasteiger partial charge is 0.494 e. The summed E-state index contributed by atoms with van der Waals surface area (Å²) in [7, 11) is 0. The van der Waals surface area contributed by atoms with Crippen LogP contribution in [0.25, 0.3) is 0 Å². The quantitative estimate of drug-likeness (QED) is 0.835. The zero-order valence-electron chi connectivity index (χ0n) is 8.89. The summed E-state index contributed by atoms with van der Waals surface area (Å²) in [6.45, 7) is 5.09. The average molecular weight is 337 g/mol. The standard InChI is InChI=1S/C11H15Br2NO/c1-7(2)3-4-15-8-5-9(12)11(14)10(13)6-8/h5-7H,3-4,14H2,1-2H3. The van der Waals surface area contributed by atoms with Gasteiger partial charge in [-0.3, -0.25) is 0 Å². The number of rotatable bonds is 4. The van der Waals surface area contributed by atoms with Crippen molar-refractivity contribution in [3.8, 4) is 5.75 Å². The fraction of sp³-hybridized carbons (Fsp3) is 0.455. The Balaban J connectivity index is 2.63. The van der Waals surface area contributed by atoms with Gasteiger partial charge in [0.2, 0.25) is 0 Å². The van der Waals surface area contributed by atoms with Crippen LogP contribution in [0.2, 0.25) is 0 Å². The fourth-order valence-electron chi connectivity index (χ4n) is 1.06. The number of anilines is 1. The van der Waals surface area contributed by atoms with Crippen molar-refractivity contribution in [2.45, 2.75) is 20.3 Å². The van der Waals surface area contributed by atoms with E-state index in [9.17, 15) is 0 Å². The minimum atomic E-state index is 0.658. The maximum Gasteiger partial charge on any atom is 0.121 e. The first-order valence-corrected chi connectivity index (χ1v) is 6.46. The first kappa shape index (κ1) is 12.8. The van der Waals surface area contributed by atoms with E-state index in [1.54, 1.807) is 0 Å². The van der Waals surface area contributed by atoms with Gasteiger partial charge >= 0.3 is 0 Å². The molecular formula is C11H15Br2NO. The molecule has 0 saturated heterocycles. The predicted octanol–water partition coefficient (Wildman–Crippen LogP) is 4.22. The second-order valence-corrected chi connectivity index (χ2v) is 5.54. The van der Waals surface area contributed by atoms with E-state index in [2.05, 4.69) is 45.7 Å². The summed E-state index contributed by atoms with van der Waals surface area (Å²) in [5, 5.41) is 0. The second kappa shape index (κ2) is 5.75. The fourth-order valence-corrected chi connectivity index (χ4v) is 2.20. The number of hydrogen-bond donors (Lipinski definition) is 1. The molecule has 0 amide bonds. The van der Waals surface area contributed by atoms with Crippen molar-refractivity contribution < 1.29 is 4.74 Å². The van der Waals surface area contributed by atoms with Gasteiger partial charge in [-0.05, 0) is 56.3 Å². The lowest BCUT2D eigenvalue weighted by atomic mass is 10.1. The van der Waals surface area contributed by atoms with E-state index in [0.29, 0.717) is 11.6 Å². The van der Waals surface area contributed by atoms with E-state index in [4.69, 9.17) is 10.5 Å². The Kier molecular flexibility index (Phi) is 4.93. The highest BCUT2D eigenvalue weighted by atomic mass is 79.9. The third-order valence-electron chi connectivity index (χ3n) is 2.02. The number of halogens is 2. The molecule has 0 saturated carbocycles. The minimum absolute atomic E-state index is 0.658. The van der Waals surface area contributed by atoms with Gasteiger partial charge in [0.15, 0.2) is 0 Å². The van der Waals surface area contributed by atoms with Crippen molar-refractivity contribution in [3.63, 3.8) is 0 Å². The normalized spacial score (nSPS) is 10.7. The van der Waals surface area contributed by atoms with Crippen molar-refractivity contribution in [2.75, 3.05) is 12.3 Å². The summed E-state index contributed by atoms with van der Waals surface area (Å²) >= 11 is 6.77. The highest BCUT2D eigenvalue weighted by Gasteiger charge is 2.05. The molecule has 0 aromatic heterocycles. The van der Waals surface area contributed by atoms with Crippen LogP contribution in [0.1, 0.15) is 20.3 Å². The van der Waals surface area contributed by atoms with Gasteiger partial charge in [-0.2, -0.15) is 0 Å². The number of nitrogen functional groups attached to an aromatic ring is 1. The highest BCUT2D eigenvalue weighted by molar-refractivity contribution is 9.11. The maximum atomic E-state index is 5.78. The molecule has 4 heteroatoms. The van der Waals surface area contributed by atoms with Crippen LogP contribution < -0.4 is 10.5 Å². The summed E-state index contributed by atoms with van der Waals surface area (Å²) < 4.78 is 7.33. The molecule has 0 aliphatic carbocycles. The molecule has 2 N–H and O–H groups in total. The van der Waals surface area contributed by atoms with Crippen LogP contribution >= 0.6 is 31.9 Å². The Morgan fingerprint density at radius 3 is 2.27 bits per heavy atom. The molecule has 1 rings (SSSR count). The van der Waals surface area contributed by atoms with Gasteiger partial charge in [-0.1, -0.05) is 13.8 Å². The van der Waals surface area contributed by atoms with Crippen LogP contribution in [0, 0.1) is 5.92 Å². The lowest BCUT2D eigenvalue weighted by Crippen LogP contribution is -2.01. The van der Waals surface area contributed by atoms with E-state index in [0.717, 1.165) is 27.7 Å². The van der Waals surface area contributed by atoms with E-state index in [1.807, 2.05) is 12.1 Å². The highest BCUT2D eigenvalue weighted by Crippen LogP contribution is 2.32. The van der Waals surface area contributed by atoms with Crippen LogP contribution in [0.15, 0.2) is 21.1 Å². The summed E-state index contributed by atoms with van der Waals surface area (Å²) in [6.07, 6.45) is 1.06. The van der Waals surface area contributed by atoms with Crippen molar-refractivity contribution in [3.05, 3.63) is 21.1 Å². The summed E-state index contributed by atoms with van der Waals surface area (Å²) in [5.41, 5.74) is 6.48. The van der Waals surface area contributed by atoms with Crippen LogP contribution in [-0.4, -0.2) is 6.61 Å². The summed E-state index contributed by atoms with van der Waals surface area (Å²) in [4.78, 5) is 0. The van der Waals surface area contributed by atoms with Crippen molar-refractivity contribution in [1.29, 1.82) is 0 Å². The Bertz CT molecular complexity index is 316. The Labute approximate surface area is 107 Å². The molecule has 0 aliphatic rings. The van der Waals surface area contributed by atoms with Gasteiger partial charge < -0.3 is 10.5 Å². The van der Waals surface area contributed by atoms with E-state index >= 15 is 0 Å². The third kappa shape index (κ3) is 4.03. The number of hydrogen-bond acceptors (Lipinski definition) is 2. The Hall–Kier alpha value is -0.220. The van der Waals surface area contributed by atoms with Crippen LogP contribution in [0.3, 0.4) is 0 Å². The van der Waals surface area contributed by atoms with Gasteiger partial charge in [-0.25, -0.2) is 0 Å². The van der Waals surface area contributed by atoms with Crippen LogP contribution in [-0.2, 0) is 0 Å². The minimum Gasteiger partial charge on any atom is -0.494 e. The van der Waals surface area contributed by atoms with Gasteiger partial charge in [-0.15, -0.1) is 0 Å². The molecular weight excluding hydrogens is 322 g/mol. The monoisotopic (exact) mass is 335 g/mol. The van der Waals surface area contributed by atoms with E-state index in [-0.39, 0.29) is 0 Å². The zero-order valence-corrected chi connectivity index (χ0v) is 12.1. The molecule has 0 aliphatic heterocycles. The molecule has 15 heavy (non-hydrogen) atoms. The molecule has 1 aromatic carbocycles. The van der Waals surface area contributed by atoms with E-state index < -0.39 is 0 Å². The predicted molar refractivity (Wildman–Crippen MR) is 71.2 cm³/mol. The van der Waals surface area contributed by atoms with Gasteiger partial charge in [0.1, 0.15) is 5.75 Å². The number of ether oxygens (including phenoxy) is 1. The number of benzene rings is 1.